The van der Waals surface area contributed by atoms with E-state index in [9.17, 15) is 54.3 Å². The summed E-state index contributed by atoms with van der Waals surface area (Å²) in [5, 5.41) is 57.4. The Morgan fingerprint density at radius 2 is 0.889 bits per heavy atom. The first-order valence-corrected chi connectivity index (χ1v) is 9.70. The number of rotatable bonds is 8. The highest BCUT2D eigenvalue weighted by molar-refractivity contribution is 6.17. The smallest absolute Gasteiger partial charge is 0.337 e. The van der Waals surface area contributed by atoms with Crippen molar-refractivity contribution >= 4 is 35.8 Å². The molecule has 0 unspecified atom stereocenters. The molecule has 0 saturated carbocycles. The average molecular weight is 494 g/mol. The van der Waals surface area contributed by atoms with Crippen molar-refractivity contribution in [2.75, 3.05) is 0 Å². The zero-order valence-corrected chi connectivity index (χ0v) is 17.8. The summed E-state index contributed by atoms with van der Waals surface area (Å²) in [4.78, 5) is 70.9. The number of carboxylic acid groups (broad SMARTS) is 6. The molecule has 0 spiro atoms. The van der Waals surface area contributed by atoms with Crippen molar-refractivity contribution in [3.05, 3.63) is 81.9 Å². The van der Waals surface area contributed by atoms with Crippen LogP contribution in [0.3, 0.4) is 0 Å². The largest absolute Gasteiger partial charge is 0.478 e. The second-order valence-electron chi connectivity index (χ2n) is 7.27. The van der Waals surface area contributed by atoms with E-state index in [2.05, 4.69) is 0 Å². The van der Waals surface area contributed by atoms with Gasteiger partial charge in [-0.15, -0.1) is 0 Å². The Hall–Kier alpha value is -5.52. The molecule has 0 radical (unpaired) electrons. The van der Waals surface area contributed by atoms with Gasteiger partial charge in [0.2, 0.25) is 0 Å². The molecule has 0 atom stereocenters. The van der Waals surface area contributed by atoms with Gasteiger partial charge in [0.1, 0.15) is 0 Å². The molecular weight excluding hydrogens is 480 g/mol. The van der Waals surface area contributed by atoms with Crippen molar-refractivity contribution in [3.63, 3.8) is 0 Å². The number of benzene rings is 3. The van der Waals surface area contributed by atoms with E-state index in [-0.39, 0.29) is 16.7 Å². The lowest BCUT2D eigenvalue weighted by Gasteiger charge is -2.19. The van der Waals surface area contributed by atoms with E-state index in [1.807, 2.05) is 0 Å². The van der Waals surface area contributed by atoms with E-state index >= 15 is 0 Å². The highest BCUT2D eigenvalue weighted by atomic mass is 16.4. The molecule has 0 aliphatic carbocycles. The Bertz CT molecular complexity index is 1430. The maximum atomic E-state index is 12.2. The summed E-state index contributed by atoms with van der Waals surface area (Å²) in [6, 6.07) is 8.49. The van der Waals surface area contributed by atoms with Gasteiger partial charge >= 0.3 is 35.8 Å². The Kier molecular flexibility index (Phi) is 6.54. The number of carboxylic acids is 6. The lowest BCUT2D eigenvalue weighted by atomic mass is 9.83. The van der Waals surface area contributed by atoms with Crippen molar-refractivity contribution in [1.29, 1.82) is 0 Å². The molecule has 0 heterocycles. The van der Waals surface area contributed by atoms with E-state index in [0.29, 0.717) is 6.07 Å². The molecule has 0 aliphatic heterocycles. The van der Waals surface area contributed by atoms with Crippen molar-refractivity contribution in [2.45, 2.75) is 0 Å². The highest BCUT2D eigenvalue weighted by Gasteiger charge is 2.33. The third kappa shape index (κ3) is 4.46. The van der Waals surface area contributed by atoms with Crippen molar-refractivity contribution in [1.82, 2.24) is 0 Å². The average Bonchev–Trinajstić information content (AvgIpc) is 2.81. The molecule has 0 fully saturated rings. The van der Waals surface area contributed by atoms with Crippen molar-refractivity contribution in [3.8, 4) is 22.3 Å². The third-order valence-corrected chi connectivity index (χ3v) is 5.19. The summed E-state index contributed by atoms with van der Waals surface area (Å²) < 4.78 is 0. The van der Waals surface area contributed by atoms with Crippen LogP contribution in [-0.4, -0.2) is 66.5 Å². The van der Waals surface area contributed by atoms with Crippen LogP contribution in [0.2, 0.25) is 0 Å². The maximum Gasteiger partial charge on any atom is 0.337 e. The van der Waals surface area contributed by atoms with Gasteiger partial charge in [0, 0.05) is 5.56 Å². The molecule has 36 heavy (non-hydrogen) atoms. The van der Waals surface area contributed by atoms with Crippen LogP contribution in [0.5, 0.6) is 0 Å². The summed E-state index contributed by atoms with van der Waals surface area (Å²) in [6.45, 7) is 0. The normalized spacial score (nSPS) is 10.4. The predicted octanol–water partition coefficient (Wildman–Crippen LogP) is 3.21. The highest BCUT2D eigenvalue weighted by Crippen LogP contribution is 2.40. The number of aromatic carboxylic acids is 6. The first-order valence-electron chi connectivity index (χ1n) is 9.70. The topological polar surface area (TPSA) is 224 Å². The standard InChI is InChI=1S/C24H14O12/c25-19(26)10-3-1-9(2-4-10)12-6-5-11(20(27)28)7-13(12)16-17(23(33)34)14(21(29)30)8-15(22(31)32)18(16)24(35)36/h1-8H,(H,25,26)(H,27,28)(H,29,30)(H,31,32)(H,33,34)(H,35,36). The Balaban J connectivity index is 2.60. The molecule has 6 N–H and O–H groups in total. The first kappa shape index (κ1) is 25.1. The molecule has 0 saturated heterocycles. The van der Waals surface area contributed by atoms with Gasteiger partial charge in [-0.25, -0.2) is 28.8 Å². The molecule has 182 valence electrons. The summed E-state index contributed by atoms with van der Waals surface area (Å²) in [6.07, 6.45) is 0. The van der Waals surface area contributed by atoms with Gasteiger partial charge in [-0.2, -0.15) is 0 Å². The van der Waals surface area contributed by atoms with Crippen LogP contribution in [-0.2, 0) is 0 Å². The fraction of sp³-hybridized carbons (Fsp3) is 0. The van der Waals surface area contributed by atoms with Gasteiger partial charge in [-0.05, 0) is 47.0 Å². The molecule has 3 aromatic rings. The van der Waals surface area contributed by atoms with Crippen LogP contribution < -0.4 is 0 Å². The molecule has 0 amide bonds. The van der Waals surface area contributed by atoms with Crippen LogP contribution in [0.15, 0.2) is 48.5 Å². The monoisotopic (exact) mass is 494 g/mol. The van der Waals surface area contributed by atoms with Gasteiger partial charge in [0.05, 0.1) is 33.4 Å². The minimum atomic E-state index is -1.91. The van der Waals surface area contributed by atoms with Crippen molar-refractivity contribution < 1.29 is 59.4 Å². The Morgan fingerprint density at radius 3 is 1.28 bits per heavy atom. The summed E-state index contributed by atoms with van der Waals surface area (Å²) in [5.74, 6) is -10.3. The van der Waals surface area contributed by atoms with Crippen molar-refractivity contribution in [2.24, 2.45) is 0 Å². The zero-order chi connectivity index (χ0) is 26.9. The minimum absolute atomic E-state index is 0.0131. The fourth-order valence-electron chi connectivity index (χ4n) is 3.66. The SMILES string of the molecule is O=C(O)c1ccc(-c2ccc(C(=O)O)cc2-c2c(C(=O)O)c(C(=O)O)cc(C(=O)O)c2C(=O)O)cc1. The van der Waals surface area contributed by atoms with E-state index in [4.69, 9.17) is 5.11 Å². The van der Waals surface area contributed by atoms with Gasteiger partial charge in [-0.3, -0.25) is 0 Å². The van der Waals surface area contributed by atoms with Crippen LogP contribution in [0.25, 0.3) is 22.3 Å². The van der Waals surface area contributed by atoms with E-state index in [0.717, 1.165) is 12.1 Å². The molecule has 12 nitrogen and oxygen atoms in total. The molecule has 12 heteroatoms. The summed E-state index contributed by atoms with van der Waals surface area (Å²) >= 11 is 0. The Labute approximate surface area is 199 Å². The molecular formula is C24H14O12. The van der Waals surface area contributed by atoms with Crippen LogP contribution in [0.4, 0.5) is 0 Å². The number of hydrogen-bond acceptors (Lipinski definition) is 6. The summed E-state index contributed by atoms with van der Waals surface area (Å²) in [5.41, 5.74) is -5.86. The van der Waals surface area contributed by atoms with Gasteiger partial charge < -0.3 is 30.6 Å². The lowest BCUT2D eigenvalue weighted by molar-refractivity contribution is 0.0638. The number of carbonyl (C=O) groups is 6. The first-order chi connectivity index (χ1) is 16.8. The van der Waals surface area contributed by atoms with Crippen LogP contribution in [0.1, 0.15) is 62.1 Å². The molecule has 0 bridgehead atoms. The second kappa shape index (κ2) is 9.38. The predicted molar refractivity (Wildman–Crippen MR) is 119 cm³/mol. The lowest BCUT2D eigenvalue weighted by Crippen LogP contribution is -2.19. The van der Waals surface area contributed by atoms with Gasteiger partial charge in [-0.1, -0.05) is 18.2 Å². The summed E-state index contributed by atoms with van der Waals surface area (Å²) in [7, 11) is 0. The van der Waals surface area contributed by atoms with Gasteiger partial charge in [0.25, 0.3) is 0 Å². The molecule has 3 rings (SSSR count). The third-order valence-electron chi connectivity index (χ3n) is 5.19. The quantitative estimate of drug-likeness (QED) is 0.265. The minimum Gasteiger partial charge on any atom is -0.478 e. The van der Waals surface area contributed by atoms with E-state index < -0.39 is 74.8 Å². The van der Waals surface area contributed by atoms with E-state index in [1.54, 1.807) is 0 Å². The maximum absolute atomic E-state index is 12.2. The van der Waals surface area contributed by atoms with Gasteiger partial charge in [0.15, 0.2) is 0 Å². The zero-order valence-electron chi connectivity index (χ0n) is 17.8. The Morgan fingerprint density at radius 1 is 0.444 bits per heavy atom. The second-order valence-corrected chi connectivity index (χ2v) is 7.27. The molecule has 0 aliphatic rings. The van der Waals surface area contributed by atoms with E-state index in [1.165, 1.54) is 30.3 Å². The molecule has 3 aromatic carbocycles. The number of hydrogen-bond donors (Lipinski definition) is 6. The fourth-order valence-corrected chi connectivity index (χ4v) is 3.66. The van der Waals surface area contributed by atoms with Crippen LogP contribution in [0, 0.1) is 0 Å². The molecule has 0 aromatic heterocycles. The van der Waals surface area contributed by atoms with Crippen LogP contribution >= 0.6 is 0 Å².